The number of rotatable bonds is 6. The SMILES string of the molecule is CCCC(CC)(CN)N1CCN(C(C)C)CC1. The average molecular weight is 241 g/mol. The summed E-state index contributed by atoms with van der Waals surface area (Å²) in [6, 6.07) is 0.678. The summed E-state index contributed by atoms with van der Waals surface area (Å²) in [5.74, 6) is 0. The molecule has 0 aromatic heterocycles. The van der Waals surface area contributed by atoms with Crippen LogP contribution in [0.1, 0.15) is 47.0 Å². The highest BCUT2D eigenvalue weighted by Gasteiger charge is 2.35. The van der Waals surface area contributed by atoms with Gasteiger partial charge in [0.2, 0.25) is 0 Å². The van der Waals surface area contributed by atoms with Crippen molar-refractivity contribution >= 4 is 0 Å². The molecule has 1 atom stereocenters. The summed E-state index contributed by atoms with van der Waals surface area (Å²) in [4.78, 5) is 5.22. The quantitative estimate of drug-likeness (QED) is 0.771. The van der Waals surface area contributed by atoms with E-state index < -0.39 is 0 Å². The van der Waals surface area contributed by atoms with Gasteiger partial charge in [-0.25, -0.2) is 0 Å². The molecule has 1 aliphatic heterocycles. The molecule has 0 aromatic carbocycles. The van der Waals surface area contributed by atoms with Crippen molar-refractivity contribution in [3.63, 3.8) is 0 Å². The number of piperazine rings is 1. The minimum Gasteiger partial charge on any atom is -0.329 e. The van der Waals surface area contributed by atoms with Crippen LogP contribution in [0.4, 0.5) is 0 Å². The molecule has 1 rings (SSSR count). The van der Waals surface area contributed by atoms with Crippen molar-refractivity contribution in [2.45, 2.75) is 58.5 Å². The Morgan fingerprint density at radius 3 is 2.06 bits per heavy atom. The fraction of sp³-hybridized carbons (Fsp3) is 1.00. The molecular formula is C14H31N3. The summed E-state index contributed by atoms with van der Waals surface area (Å²) < 4.78 is 0. The van der Waals surface area contributed by atoms with E-state index in [4.69, 9.17) is 5.73 Å². The van der Waals surface area contributed by atoms with E-state index in [1.807, 2.05) is 0 Å². The molecule has 0 saturated carbocycles. The Balaban J connectivity index is 2.60. The maximum absolute atomic E-state index is 6.07. The fourth-order valence-corrected chi connectivity index (χ4v) is 3.11. The van der Waals surface area contributed by atoms with Gasteiger partial charge in [-0.3, -0.25) is 9.80 Å². The lowest BCUT2D eigenvalue weighted by Crippen LogP contribution is -2.60. The van der Waals surface area contributed by atoms with E-state index in [1.54, 1.807) is 0 Å². The maximum Gasteiger partial charge on any atom is 0.0330 e. The third kappa shape index (κ3) is 3.43. The Hall–Kier alpha value is -0.120. The summed E-state index contributed by atoms with van der Waals surface area (Å²) in [5.41, 5.74) is 6.34. The van der Waals surface area contributed by atoms with Crippen LogP contribution in [-0.2, 0) is 0 Å². The van der Waals surface area contributed by atoms with Gasteiger partial charge in [-0.15, -0.1) is 0 Å². The van der Waals surface area contributed by atoms with Crippen LogP contribution in [0.15, 0.2) is 0 Å². The second-order valence-corrected chi connectivity index (χ2v) is 5.65. The molecule has 102 valence electrons. The molecule has 3 nitrogen and oxygen atoms in total. The van der Waals surface area contributed by atoms with Crippen LogP contribution in [0, 0.1) is 0 Å². The lowest BCUT2D eigenvalue weighted by Gasteiger charge is -2.48. The first-order chi connectivity index (χ1) is 8.09. The normalized spacial score (nSPS) is 22.9. The number of nitrogens with two attached hydrogens (primary N) is 1. The van der Waals surface area contributed by atoms with E-state index in [0.717, 1.165) is 6.54 Å². The second kappa shape index (κ2) is 6.72. The van der Waals surface area contributed by atoms with E-state index in [2.05, 4.69) is 37.5 Å². The zero-order chi connectivity index (χ0) is 12.9. The van der Waals surface area contributed by atoms with E-state index in [9.17, 15) is 0 Å². The average Bonchev–Trinajstić information content (AvgIpc) is 2.36. The lowest BCUT2D eigenvalue weighted by molar-refractivity contribution is 0.0182. The van der Waals surface area contributed by atoms with Crippen molar-refractivity contribution in [2.24, 2.45) is 5.73 Å². The fourth-order valence-electron chi connectivity index (χ4n) is 3.11. The predicted octanol–water partition coefficient (Wildman–Crippen LogP) is 1.92. The Morgan fingerprint density at radius 1 is 1.12 bits per heavy atom. The minimum absolute atomic E-state index is 0.262. The molecule has 1 unspecified atom stereocenters. The van der Waals surface area contributed by atoms with Gasteiger partial charge in [0.1, 0.15) is 0 Å². The Bertz CT molecular complexity index is 204. The molecule has 2 N–H and O–H groups in total. The summed E-state index contributed by atoms with van der Waals surface area (Å²) in [6.45, 7) is 14.7. The van der Waals surface area contributed by atoms with Gasteiger partial charge in [-0.05, 0) is 26.7 Å². The summed E-state index contributed by atoms with van der Waals surface area (Å²) in [7, 11) is 0. The molecule has 1 heterocycles. The molecule has 1 fully saturated rings. The van der Waals surface area contributed by atoms with Crippen LogP contribution in [0.5, 0.6) is 0 Å². The third-order valence-electron chi connectivity index (χ3n) is 4.47. The highest BCUT2D eigenvalue weighted by Crippen LogP contribution is 2.26. The van der Waals surface area contributed by atoms with Crippen LogP contribution in [-0.4, -0.2) is 54.1 Å². The van der Waals surface area contributed by atoms with E-state index in [0.29, 0.717) is 6.04 Å². The molecular weight excluding hydrogens is 210 g/mol. The van der Waals surface area contributed by atoms with Gasteiger partial charge >= 0.3 is 0 Å². The molecule has 0 aliphatic carbocycles. The van der Waals surface area contributed by atoms with Crippen LogP contribution in [0.25, 0.3) is 0 Å². The summed E-state index contributed by atoms with van der Waals surface area (Å²) in [6.07, 6.45) is 3.65. The highest BCUT2D eigenvalue weighted by molar-refractivity contribution is 4.93. The number of hydrogen-bond acceptors (Lipinski definition) is 3. The standard InChI is InChI=1S/C14H31N3/c1-5-7-14(6-2,12-15)17-10-8-16(9-11-17)13(3)4/h13H,5-12,15H2,1-4H3. The zero-order valence-corrected chi connectivity index (χ0v) is 12.2. The molecule has 0 amide bonds. The molecule has 17 heavy (non-hydrogen) atoms. The maximum atomic E-state index is 6.07. The van der Waals surface area contributed by atoms with Crippen molar-refractivity contribution in [1.29, 1.82) is 0 Å². The van der Waals surface area contributed by atoms with Gasteiger partial charge in [0.05, 0.1) is 0 Å². The molecule has 0 aromatic rings. The summed E-state index contributed by atoms with van der Waals surface area (Å²) >= 11 is 0. The molecule has 3 heteroatoms. The molecule has 1 aliphatic rings. The number of hydrogen-bond donors (Lipinski definition) is 1. The first-order valence-corrected chi connectivity index (χ1v) is 7.28. The van der Waals surface area contributed by atoms with Gasteiger partial charge in [-0.2, -0.15) is 0 Å². The van der Waals surface area contributed by atoms with E-state index in [1.165, 1.54) is 45.4 Å². The first-order valence-electron chi connectivity index (χ1n) is 7.28. The largest absolute Gasteiger partial charge is 0.329 e. The van der Waals surface area contributed by atoms with Gasteiger partial charge in [0.25, 0.3) is 0 Å². The Morgan fingerprint density at radius 2 is 1.71 bits per heavy atom. The van der Waals surface area contributed by atoms with E-state index >= 15 is 0 Å². The van der Waals surface area contributed by atoms with Crippen LogP contribution in [0.2, 0.25) is 0 Å². The van der Waals surface area contributed by atoms with Crippen LogP contribution < -0.4 is 5.73 Å². The van der Waals surface area contributed by atoms with Crippen molar-refractivity contribution in [1.82, 2.24) is 9.80 Å². The molecule has 0 spiro atoms. The topological polar surface area (TPSA) is 32.5 Å². The minimum atomic E-state index is 0.262. The second-order valence-electron chi connectivity index (χ2n) is 5.65. The van der Waals surface area contributed by atoms with Crippen molar-refractivity contribution in [3.8, 4) is 0 Å². The van der Waals surface area contributed by atoms with Gasteiger partial charge in [0.15, 0.2) is 0 Å². The molecule has 0 bridgehead atoms. The zero-order valence-electron chi connectivity index (χ0n) is 12.2. The Labute approximate surface area is 107 Å². The monoisotopic (exact) mass is 241 g/mol. The van der Waals surface area contributed by atoms with Gasteiger partial charge in [0, 0.05) is 44.3 Å². The van der Waals surface area contributed by atoms with Crippen molar-refractivity contribution < 1.29 is 0 Å². The smallest absolute Gasteiger partial charge is 0.0330 e. The van der Waals surface area contributed by atoms with Crippen molar-refractivity contribution in [2.75, 3.05) is 32.7 Å². The number of nitrogens with zero attached hydrogens (tertiary/aromatic N) is 2. The molecule has 0 radical (unpaired) electrons. The lowest BCUT2D eigenvalue weighted by atomic mass is 9.88. The third-order valence-corrected chi connectivity index (χ3v) is 4.47. The van der Waals surface area contributed by atoms with Crippen LogP contribution in [0.3, 0.4) is 0 Å². The molecule has 1 saturated heterocycles. The van der Waals surface area contributed by atoms with Gasteiger partial charge < -0.3 is 5.73 Å². The Kier molecular flexibility index (Phi) is 5.90. The van der Waals surface area contributed by atoms with Crippen molar-refractivity contribution in [3.05, 3.63) is 0 Å². The highest BCUT2D eigenvalue weighted by atomic mass is 15.3. The predicted molar refractivity (Wildman–Crippen MR) is 75.3 cm³/mol. The van der Waals surface area contributed by atoms with Gasteiger partial charge in [-0.1, -0.05) is 20.3 Å². The van der Waals surface area contributed by atoms with Crippen LogP contribution >= 0.6 is 0 Å². The van der Waals surface area contributed by atoms with E-state index in [-0.39, 0.29) is 5.54 Å². The summed E-state index contributed by atoms with van der Waals surface area (Å²) in [5, 5.41) is 0. The first kappa shape index (κ1) is 14.9.